The van der Waals surface area contributed by atoms with Crippen molar-refractivity contribution in [1.82, 2.24) is 5.32 Å². The lowest BCUT2D eigenvalue weighted by atomic mass is 10.1. The number of halogens is 1. The highest BCUT2D eigenvalue weighted by Crippen LogP contribution is 2.34. The summed E-state index contributed by atoms with van der Waals surface area (Å²) in [7, 11) is 0. The highest BCUT2D eigenvalue weighted by Gasteiger charge is 2.12. The Labute approximate surface area is 135 Å². The summed E-state index contributed by atoms with van der Waals surface area (Å²) < 4.78 is 12.0. The normalized spacial score (nSPS) is 11.8. The molecule has 0 heterocycles. The van der Waals surface area contributed by atoms with Gasteiger partial charge in [0.2, 0.25) is 0 Å². The van der Waals surface area contributed by atoms with Crippen molar-refractivity contribution in [3.05, 3.63) is 22.2 Å². The van der Waals surface area contributed by atoms with Crippen LogP contribution in [0.15, 0.2) is 16.6 Å². The summed E-state index contributed by atoms with van der Waals surface area (Å²) in [6.45, 7) is 5.46. The molecule has 0 radical (unpaired) electrons. The van der Waals surface area contributed by atoms with Crippen LogP contribution in [-0.2, 0) is 6.54 Å². The predicted molar refractivity (Wildman–Crippen MR) is 87.6 cm³/mol. The third-order valence-electron chi connectivity index (χ3n) is 3.02. The topological polar surface area (TPSA) is 50.7 Å². The van der Waals surface area contributed by atoms with E-state index in [-0.39, 0.29) is 19.3 Å². The van der Waals surface area contributed by atoms with Gasteiger partial charge in [-0.2, -0.15) is 0 Å². The fraction of sp³-hybridized carbons (Fsp3) is 0.500. The van der Waals surface area contributed by atoms with Crippen molar-refractivity contribution in [1.29, 1.82) is 0 Å². The third-order valence-corrected chi connectivity index (χ3v) is 3.76. The van der Waals surface area contributed by atoms with E-state index < -0.39 is 0 Å². The second-order valence-electron chi connectivity index (χ2n) is 4.48. The van der Waals surface area contributed by atoms with Crippen LogP contribution < -0.4 is 14.8 Å². The van der Waals surface area contributed by atoms with E-state index >= 15 is 0 Å². The van der Waals surface area contributed by atoms with E-state index in [4.69, 9.17) is 15.9 Å². The van der Waals surface area contributed by atoms with Crippen LogP contribution >= 0.6 is 15.9 Å². The van der Waals surface area contributed by atoms with E-state index in [0.717, 1.165) is 16.5 Å². The lowest BCUT2D eigenvalue weighted by Crippen LogP contribution is -2.31. The van der Waals surface area contributed by atoms with Crippen LogP contribution in [0, 0.1) is 12.3 Å². The Morgan fingerprint density at radius 2 is 2.05 bits per heavy atom. The Hall–Kier alpha value is -1.22. The molecular weight excluding hydrogens is 334 g/mol. The van der Waals surface area contributed by atoms with Gasteiger partial charge in [0.1, 0.15) is 6.61 Å². The van der Waals surface area contributed by atoms with E-state index in [1.165, 1.54) is 0 Å². The molecule has 1 unspecified atom stereocenters. The molecule has 4 nitrogen and oxygen atoms in total. The average molecular weight is 356 g/mol. The van der Waals surface area contributed by atoms with Crippen LogP contribution in [0.3, 0.4) is 0 Å². The fourth-order valence-corrected chi connectivity index (χ4v) is 2.27. The summed E-state index contributed by atoms with van der Waals surface area (Å²) in [5.41, 5.74) is 1.04. The Balaban J connectivity index is 2.89. The van der Waals surface area contributed by atoms with Crippen molar-refractivity contribution in [2.45, 2.75) is 32.9 Å². The number of aliphatic hydroxyl groups is 1. The number of aliphatic hydroxyl groups excluding tert-OH is 1. The predicted octanol–water partition coefficient (Wildman–Crippen LogP) is 2.72. The van der Waals surface area contributed by atoms with Crippen molar-refractivity contribution in [3.63, 3.8) is 0 Å². The zero-order valence-electron chi connectivity index (χ0n) is 12.5. The smallest absolute Gasteiger partial charge is 0.163 e. The van der Waals surface area contributed by atoms with Gasteiger partial charge in [0, 0.05) is 17.1 Å². The summed E-state index contributed by atoms with van der Waals surface area (Å²) in [6, 6.07) is 3.88. The molecule has 0 spiro atoms. The molecule has 0 bridgehead atoms. The van der Waals surface area contributed by atoms with Gasteiger partial charge in [-0.05, 0) is 31.0 Å². The van der Waals surface area contributed by atoms with Crippen molar-refractivity contribution in [2.24, 2.45) is 0 Å². The number of benzene rings is 1. The SMILES string of the molecule is C#CCOc1cc(Br)c(CNC(CC)CO)cc1OCC. The summed E-state index contributed by atoms with van der Waals surface area (Å²) in [5.74, 6) is 3.74. The van der Waals surface area contributed by atoms with Gasteiger partial charge in [-0.15, -0.1) is 6.42 Å². The molecule has 5 heteroatoms. The Morgan fingerprint density at radius 1 is 1.33 bits per heavy atom. The molecule has 2 N–H and O–H groups in total. The van der Waals surface area contributed by atoms with Gasteiger partial charge in [-0.25, -0.2) is 0 Å². The molecule has 1 aromatic carbocycles. The van der Waals surface area contributed by atoms with Crippen LogP contribution in [-0.4, -0.2) is 31.0 Å². The number of hydrogen-bond acceptors (Lipinski definition) is 4. The number of ether oxygens (including phenoxy) is 2. The molecule has 1 atom stereocenters. The zero-order chi connectivity index (χ0) is 15.7. The van der Waals surface area contributed by atoms with E-state index in [1.54, 1.807) is 0 Å². The minimum atomic E-state index is 0.0878. The van der Waals surface area contributed by atoms with Crippen molar-refractivity contribution in [3.8, 4) is 23.8 Å². The molecule has 0 saturated carbocycles. The summed E-state index contributed by atoms with van der Waals surface area (Å²) >= 11 is 3.53. The number of terminal acetylenes is 1. The molecule has 0 aliphatic heterocycles. The largest absolute Gasteiger partial charge is 0.490 e. The lowest BCUT2D eigenvalue weighted by molar-refractivity contribution is 0.238. The van der Waals surface area contributed by atoms with Gasteiger partial charge >= 0.3 is 0 Å². The minimum Gasteiger partial charge on any atom is -0.490 e. The molecule has 1 aromatic rings. The second kappa shape index (κ2) is 9.67. The molecule has 0 aromatic heterocycles. The standard InChI is InChI=1S/C16H22BrNO3/c1-4-7-21-16-9-14(17)12(8-15(16)20-6-3)10-18-13(5-2)11-19/h1,8-9,13,18-19H,5-7,10-11H2,2-3H3. The highest BCUT2D eigenvalue weighted by atomic mass is 79.9. The van der Waals surface area contributed by atoms with Crippen LogP contribution in [0.5, 0.6) is 11.5 Å². The van der Waals surface area contributed by atoms with Crippen molar-refractivity contribution < 1.29 is 14.6 Å². The molecule has 1 rings (SSSR count). The third kappa shape index (κ3) is 5.58. The number of nitrogens with one attached hydrogen (secondary N) is 1. The molecule has 0 amide bonds. The number of hydrogen-bond donors (Lipinski definition) is 2. The first-order valence-electron chi connectivity index (χ1n) is 7.01. The Bertz CT molecular complexity index is 481. The van der Waals surface area contributed by atoms with E-state index in [2.05, 4.69) is 27.2 Å². The molecule has 21 heavy (non-hydrogen) atoms. The highest BCUT2D eigenvalue weighted by molar-refractivity contribution is 9.10. The Morgan fingerprint density at radius 3 is 2.62 bits per heavy atom. The molecule has 0 saturated heterocycles. The van der Waals surface area contributed by atoms with Crippen LogP contribution in [0.1, 0.15) is 25.8 Å². The van der Waals surface area contributed by atoms with Gasteiger partial charge in [0.05, 0.1) is 13.2 Å². The second-order valence-corrected chi connectivity index (χ2v) is 5.34. The first-order chi connectivity index (χ1) is 10.2. The molecule has 116 valence electrons. The fourth-order valence-electron chi connectivity index (χ4n) is 1.81. The first kappa shape index (κ1) is 17.8. The quantitative estimate of drug-likeness (QED) is 0.668. The monoisotopic (exact) mass is 355 g/mol. The summed E-state index contributed by atoms with van der Waals surface area (Å²) in [5, 5.41) is 12.5. The van der Waals surface area contributed by atoms with Crippen molar-refractivity contribution >= 4 is 15.9 Å². The van der Waals surface area contributed by atoms with Gasteiger partial charge in [0.25, 0.3) is 0 Å². The lowest BCUT2D eigenvalue weighted by Gasteiger charge is -2.17. The zero-order valence-corrected chi connectivity index (χ0v) is 14.1. The van der Waals surface area contributed by atoms with Gasteiger partial charge in [-0.3, -0.25) is 0 Å². The maximum atomic E-state index is 9.22. The number of rotatable bonds is 9. The summed E-state index contributed by atoms with van der Waals surface area (Å²) in [4.78, 5) is 0. The Kier molecular flexibility index (Phi) is 8.21. The van der Waals surface area contributed by atoms with Gasteiger partial charge < -0.3 is 19.9 Å². The first-order valence-corrected chi connectivity index (χ1v) is 7.81. The van der Waals surface area contributed by atoms with E-state index in [1.807, 2.05) is 26.0 Å². The van der Waals surface area contributed by atoms with Gasteiger partial charge in [0.15, 0.2) is 11.5 Å². The van der Waals surface area contributed by atoms with Crippen LogP contribution in [0.4, 0.5) is 0 Å². The minimum absolute atomic E-state index is 0.0878. The van der Waals surface area contributed by atoms with E-state index in [9.17, 15) is 5.11 Å². The van der Waals surface area contributed by atoms with Crippen molar-refractivity contribution in [2.75, 3.05) is 19.8 Å². The maximum Gasteiger partial charge on any atom is 0.163 e. The molecule has 0 fully saturated rings. The van der Waals surface area contributed by atoms with Crippen LogP contribution in [0.25, 0.3) is 0 Å². The molecular formula is C16H22BrNO3. The summed E-state index contributed by atoms with van der Waals surface area (Å²) in [6.07, 6.45) is 6.09. The maximum absolute atomic E-state index is 9.22. The average Bonchev–Trinajstić information content (AvgIpc) is 2.49. The van der Waals surface area contributed by atoms with Gasteiger partial charge in [-0.1, -0.05) is 28.8 Å². The molecule has 0 aliphatic carbocycles. The van der Waals surface area contributed by atoms with E-state index in [0.29, 0.717) is 24.7 Å². The molecule has 0 aliphatic rings. The van der Waals surface area contributed by atoms with Crippen LogP contribution in [0.2, 0.25) is 0 Å².